The first-order valence-corrected chi connectivity index (χ1v) is 11.8. The molecular formula is C28H31NO6. The van der Waals surface area contributed by atoms with Crippen molar-refractivity contribution in [2.24, 2.45) is 5.92 Å². The maximum absolute atomic E-state index is 13.5. The molecule has 7 nitrogen and oxygen atoms in total. The van der Waals surface area contributed by atoms with Crippen LogP contribution in [0.2, 0.25) is 0 Å². The molecule has 35 heavy (non-hydrogen) atoms. The van der Waals surface area contributed by atoms with E-state index in [2.05, 4.69) is 5.48 Å². The predicted molar refractivity (Wildman–Crippen MR) is 131 cm³/mol. The number of ether oxygens (including phenoxy) is 1. The highest BCUT2D eigenvalue weighted by atomic mass is 16.7. The average Bonchev–Trinajstić information content (AvgIpc) is 2.87. The normalized spacial score (nSPS) is 14.0. The van der Waals surface area contributed by atoms with Crippen LogP contribution in [0.3, 0.4) is 0 Å². The van der Waals surface area contributed by atoms with Crippen LogP contribution in [0.1, 0.15) is 78.7 Å². The van der Waals surface area contributed by atoms with Gasteiger partial charge in [-0.1, -0.05) is 56.7 Å². The number of hydrogen-bond donors (Lipinski definition) is 1. The monoisotopic (exact) mass is 477 g/mol. The average molecular weight is 478 g/mol. The quantitative estimate of drug-likeness (QED) is 0.405. The van der Waals surface area contributed by atoms with E-state index < -0.39 is 5.97 Å². The molecule has 1 atom stereocenters. The molecule has 1 aliphatic carbocycles. The zero-order valence-electron chi connectivity index (χ0n) is 20.6. The van der Waals surface area contributed by atoms with Crippen LogP contribution in [0.15, 0.2) is 59.7 Å². The van der Waals surface area contributed by atoms with Crippen molar-refractivity contribution < 1.29 is 28.8 Å². The maximum Gasteiger partial charge on any atom is 0.334 e. The number of ketones is 2. The van der Waals surface area contributed by atoms with E-state index in [1.165, 1.54) is 0 Å². The molecule has 0 bridgehead atoms. The zero-order chi connectivity index (χ0) is 25.5. The van der Waals surface area contributed by atoms with Gasteiger partial charge in [0.15, 0.2) is 11.6 Å². The summed E-state index contributed by atoms with van der Waals surface area (Å²) in [5, 5.41) is 0. The Bertz CT molecular complexity index is 1150. The molecule has 3 rings (SSSR count). The molecule has 0 aromatic heterocycles. The second-order valence-electron chi connectivity index (χ2n) is 8.92. The molecule has 0 fully saturated rings. The molecule has 2 aromatic rings. The molecule has 0 aliphatic heterocycles. The van der Waals surface area contributed by atoms with Gasteiger partial charge in [-0.25, -0.2) is 4.79 Å². The standard InChI is InChI=1S/C28H31NO6/c1-17(2)28(33)35-29-24(30)12-8-7-9-21(19-13-15-20(34-4)16-14-19)25-18(3)26(31)22-10-5-6-11-23(22)27(25)32/h5-6,10-11,13-17,21H,7-9,12H2,1-4H3,(H,29,30). The SMILES string of the molecule is COc1ccc(C(CCCCC(=O)NOC(=O)C(C)C)C2=C(C)C(=O)c3ccccc3C2=O)cc1. The van der Waals surface area contributed by atoms with E-state index in [1.54, 1.807) is 52.1 Å². The van der Waals surface area contributed by atoms with Gasteiger partial charge in [-0.2, -0.15) is 5.48 Å². The number of hydrogen-bond acceptors (Lipinski definition) is 6. The van der Waals surface area contributed by atoms with Gasteiger partial charge in [0.2, 0.25) is 0 Å². The van der Waals surface area contributed by atoms with Gasteiger partial charge in [0, 0.05) is 34.6 Å². The van der Waals surface area contributed by atoms with Crippen LogP contribution in [0, 0.1) is 5.92 Å². The second-order valence-corrected chi connectivity index (χ2v) is 8.92. The minimum Gasteiger partial charge on any atom is -0.497 e. The van der Waals surface area contributed by atoms with E-state index in [4.69, 9.17) is 9.57 Å². The van der Waals surface area contributed by atoms with E-state index >= 15 is 0 Å². The van der Waals surface area contributed by atoms with Crippen LogP contribution < -0.4 is 10.2 Å². The third-order valence-electron chi connectivity index (χ3n) is 6.16. The summed E-state index contributed by atoms with van der Waals surface area (Å²) in [6.07, 6.45) is 1.90. The van der Waals surface area contributed by atoms with Crippen molar-refractivity contribution in [3.63, 3.8) is 0 Å². The van der Waals surface area contributed by atoms with E-state index in [0.29, 0.717) is 47.3 Å². The Morgan fingerprint density at radius 1 is 0.914 bits per heavy atom. The van der Waals surface area contributed by atoms with Crippen molar-refractivity contribution in [1.82, 2.24) is 5.48 Å². The molecule has 1 amide bonds. The Hall–Kier alpha value is -3.74. The molecule has 7 heteroatoms. The number of unbranched alkanes of at least 4 members (excludes halogenated alkanes) is 1. The summed E-state index contributed by atoms with van der Waals surface area (Å²) in [7, 11) is 1.59. The number of amides is 1. The summed E-state index contributed by atoms with van der Waals surface area (Å²) >= 11 is 0. The highest BCUT2D eigenvalue weighted by Gasteiger charge is 2.34. The summed E-state index contributed by atoms with van der Waals surface area (Å²) in [6.45, 7) is 5.07. The first kappa shape index (κ1) is 25.9. The minimum atomic E-state index is -0.499. The predicted octanol–water partition coefficient (Wildman–Crippen LogP) is 4.97. The highest BCUT2D eigenvalue weighted by Crippen LogP contribution is 2.38. The Labute approximate surface area is 205 Å². The molecule has 2 aromatic carbocycles. The van der Waals surface area contributed by atoms with Crippen LogP contribution in [0.4, 0.5) is 0 Å². The van der Waals surface area contributed by atoms with E-state index in [1.807, 2.05) is 24.3 Å². The van der Waals surface area contributed by atoms with Crippen LogP contribution in [-0.2, 0) is 14.4 Å². The summed E-state index contributed by atoms with van der Waals surface area (Å²) in [6, 6.07) is 14.4. The molecule has 1 N–H and O–H groups in total. The fraction of sp³-hybridized carbons (Fsp3) is 0.357. The molecule has 0 saturated heterocycles. The number of Topliss-reactive ketones (excluding diaryl/α,β-unsaturated/α-hetero) is 2. The molecular weight excluding hydrogens is 446 g/mol. The number of hydroxylamine groups is 1. The first-order valence-electron chi connectivity index (χ1n) is 11.8. The van der Waals surface area contributed by atoms with Gasteiger partial charge in [0.05, 0.1) is 13.0 Å². The smallest absolute Gasteiger partial charge is 0.334 e. The number of benzene rings is 2. The van der Waals surface area contributed by atoms with E-state index in [0.717, 1.165) is 5.56 Å². The minimum absolute atomic E-state index is 0.139. The van der Waals surface area contributed by atoms with Gasteiger partial charge in [-0.05, 0) is 37.5 Å². The topological polar surface area (TPSA) is 98.8 Å². The highest BCUT2D eigenvalue weighted by molar-refractivity contribution is 6.27. The van der Waals surface area contributed by atoms with Crippen molar-refractivity contribution in [2.45, 2.75) is 52.4 Å². The number of rotatable bonds is 9. The van der Waals surface area contributed by atoms with E-state index in [-0.39, 0.29) is 35.7 Å². The van der Waals surface area contributed by atoms with Crippen LogP contribution in [0.25, 0.3) is 0 Å². The van der Waals surface area contributed by atoms with Gasteiger partial charge in [-0.15, -0.1) is 0 Å². The van der Waals surface area contributed by atoms with Gasteiger partial charge in [0.1, 0.15) is 5.75 Å². The first-order chi connectivity index (χ1) is 16.7. The summed E-state index contributed by atoms with van der Waals surface area (Å²) in [5.74, 6) is -1.11. The summed E-state index contributed by atoms with van der Waals surface area (Å²) < 4.78 is 5.27. The number of methoxy groups -OCH3 is 1. The van der Waals surface area contributed by atoms with Crippen molar-refractivity contribution in [1.29, 1.82) is 0 Å². The van der Waals surface area contributed by atoms with Crippen LogP contribution in [-0.4, -0.2) is 30.6 Å². The van der Waals surface area contributed by atoms with Crippen molar-refractivity contribution >= 4 is 23.4 Å². The maximum atomic E-state index is 13.5. The second kappa shape index (κ2) is 11.6. The van der Waals surface area contributed by atoms with Gasteiger partial charge >= 0.3 is 5.97 Å². The third-order valence-corrected chi connectivity index (χ3v) is 6.16. The summed E-state index contributed by atoms with van der Waals surface area (Å²) in [5.41, 5.74) is 4.88. The fourth-order valence-electron chi connectivity index (χ4n) is 4.16. The summed E-state index contributed by atoms with van der Waals surface area (Å²) in [4.78, 5) is 54.9. The van der Waals surface area contributed by atoms with Gasteiger partial charge in [-0.3, -0.25) is 14.4 Å². The lowest BCUT2D eigenvalue weighted by Crippen LogP contribution is -2.28. The molecule has 1 unspecified atom stereocenters. The number of nitrogens with one attached hydrogen (secondary N) is 1. The fourth-order valence-corrected chi connectivity index (χ4v) is 4.16. The molecule has 0 saturated carbocycles. The van der Waals surface area contributed by atoms with Crippen molar-refractivity contribution in [3.05, 3.63) is 76.4 Å². The van der Waals surface area contributed by atoms with Crippen LogP contribution in [0.5, 0.6) is 5.75 Å². The largest absolute Gasteiger partial charge is 0.497 e. The lowest BCUT2D eigenvalue weighted by atomic mass is 9.75. The molecule has 0 spiro atoms. The molecule has 0 heterocycles. The number of fused-ring (bicyclic) bond motifs is 1. The van der Waals surface area contributed by atoms with E-state index in [9.17, 15) is 19.2 Å². The molecule has 1 aliphatic rings. The Kier molecular flexibility index (Phi) is 8.58. The zero-order valence-corrected chi connectivity index (χ0v) is 20.6. The number of carbonyl (C=O) groups is 4. The van der Waals surface area contributed by atoms with Crippen molar-refractivity contribution in [2.75, 3.05) is 7.11 Å². The van der Waals surface area contributed by atoms with Crippen molar-refractivity contribution in [3.8, 4) is 5.75 Å². The Morgan fingerprint density at radius 3 is 2.14 bits per heavy atom. The Morgan fingerprint density at radius 2 is 1.54 bits per heavy atom. The lowest BCUT2D eigenvalue weighted by molar-refractivity contribution is -0.161. The lowest BCUT2D eigenvalue weighted by Gasteiger charge is -2.26. The molecule has 184 valence electrons. The number of carbonyl (C=O) groups excluding carboxylic acids is 4. The third kappa shape index (κ3) is 6.04. The molecule has 0 radical (unpaired) electrons. The van der Waals surface area contributed by atoms with Gasteiger partial charge in [0.25, 0.3) is 5.91 Å². The Balaban J connectivity index is 1.77. The van der Waals surface area contributed by atoms with Gasteiger partial charge < -0.3 is 9.57 Å². The van der Waals surface area contributed by atoms with Crippen LogP contribution >= 0.6 is 0 Å². The number of allylic oxidation sites excluding steroid dienone is 2.